The van der Waals surface area contributed by atoms with E-state index in [0.717, 1.165) is 24.0 Å². The van der Waals surface area contributed by atoms with Gasteiger partial charge in [-0.25, -0.2) is 0 Å². The van der Waals surface area contributed by atoms with Gasteiger partial charge in [0.25, 0.3) is 0 Å². The fourth-order valence-electron chi connectivity index (χ4n) is 3.85. The first-order valence-corrected chi connectivity index (χ1v) is 9.64. The molecule has 5 nitrogen and oxygen atoms in total. The molecule has 2 aromatic rings. The summed E-state index contributed by atoms with van der Waals surface area (Å²) in [6.07, 6.45) is 2.11. The van der Waals surface area contributed by atoms with E-state index in [0.29, 0.717) is 18.0 Å². The second kappa shape index (κ2) is 8.53. The van der Waals surface area contributed by atoms with Gasteiger partial charge in [-0.3, -0.25) is 14.9 Å². The van der Waals surface area contributed by atoms with Crippen LogP contribution in [0.15, 0.2) is 54.6 Å². The van der Waals surface area contributed by atoms with E-state index in [1.54, 1.807) is 29.2 Å². The van der Waals surface area contributed by atoms with Crippen molar-refractivity contribution >= 4 is 17.5 Å². The lowest BCUT2D eigenvalue weighted by atomic mass is 9.89. The van der Waals surface area contributed by atoms with Gasteiger partial charge in [0.2, 0.25) is 11.9 Å². The van der Waals surface area contributed by atoms with Crippen LogP contribution in [0.25, 0.3) is 0 Å². The molecule has 2 aromatic carbocycles. The SMILES string of the molecule is CCCCN1C(=O)[C@@H](Cc2ccccc2)[C@H]([N+](=O)[O-])[C@H]1c1ccc(Cl)cc1. The summed E-state index contributed by atoms with van der Waals surface area (Å²) >= 11 is 5.99. The van der Waals surface area contributed by atoms with Gasteiger partial charge in [0.1, 0.15) is 12.0 Å². The summed E-state index contributed by atoms with van der Waals surface area (Å²) in [6, 6.07) is 15.0. The number of likely N-dealkylation sites (tertiary alicyclic amines) is 1. The van der Waals surface area contributed by atoms with Crippen molar-refractivity contribution in [2.75, 3.05) is 6.54 Å². The Morgan fingerprint density at radius 1 is 1.11 bits per heavy atom. The lowest BCUT2D eigenvalue weighted by molar-refractivity contribution is -0.532. The van der Waals surface area contributed by atoms with Crippen molar-refractivity contribution in [3.8, 4) is 0 Å². The van der Waals surface area contributed by atoms with Crippen molar-refractivity contribution in [2.45, 2.75) is 38.3 Å². The summed E-state index contributed by atoms with van der Waals surface area (Å²) in [6.45, 7) is 2.57. The summed E-state index contributed by atoms with van der Waals surface area (Å²) in [5.74, 6) is -0.797. The van der Waals surface area contributed by atoms with Gasteiger partial charge in [0.05, 0.1) is 0 Å². The Bertz CT molecular complexity index is 795. The van der Waals surface area contributed by atoms with E-state index in [9.17, 15) is 14.9 Å². The van der Waals surface area contributed by atoms with Crippen LogP contribution in [0.1, 0.15) is 36.9 Å². The molecule has 0 spiro atoms. The van der Waals surface area contributed by atoms with Crippen LogP contribution < -0.4 is 0 Å². The molecule has 0 aromatic heterocycles. The Hall–Kier alpha value is -2.40. The Labute approximate surface area is 164 Å². The van der Waals surface area contributed by atoms with Gasteiger partial charge in [0.15, 0.2) is 0 Å². The minimum absolute atomic E-state index is 0.131. The Morgan fingerprint density at radius 3 is 2.37 bits per heavy atom. The van der Waals surface area contributed by atoms with E-state index in [1.807, 2.05) is 37.3 Å². The molecular weight excluding hydrogens is 364 g/mol. The van der Waals surface area contributed by atoms with Crippen molar-refractivity contribution in [1.29, 1.82) is 0 Å². The lowest BCUT2D eigenvalue weighted by Crippen LogP contribution is -2.34. The lowest BCUT2D eigenvalue weighted by Gasteiger charge is -2.25. The molecule has 1 fully saturated rings. The Balaban J connectivity index is 1.99. The minimum atomic E-state index is -0.976. The summed E-state index contributed by atoms with van der Waals surface area (Å²) in [5.41, 5.74) is 1.70. The largest absolute Gasteiger partial charge is 0.328 e. The highest BCUT2D eigenvalue weighted by atomic mass is 35.5. The van der Waals surface area contributed by atoms with E-state index < -0.39 is 18.0 Å². The summed E-state index contributed by atoms with van der Waals surface area (Å²) in [4.78, 5) is 26.6. The van der Waals surface area contributed by atoms with E-state index in [4.69, 9.17) is 11.6 Å². The van der Waals surface area contributed by atoms with Gasteiger partial charge < -0.3 is 4.90 Å². The zero-order valence-corrected chi connectivity index (χ0v) is 16.0. The summed E-state index contributed by atoms with van der Waals surface area (Å²) in [7, 11) is 0. The number of nitrogens with zero attached hydrogens (tertiary/aromatic N) is 2. The Morgan fingerprint density at radius 2 is 1.78 bits per heavy atom. The molecule has 1 aliphatic rings. The summed E-state index contributed by atoms with van der Waals surface area (Å²) in [5, 5.41) is 12.6. The monoisotopic (exact) mass is 386 g/mol. The molecule has 1 saturated heterocycles. The maximum Gasteiger partial charge on any atom is 0.249 e. The summed E-state index contributed by atoms with van der Waals surface area (Å²) < 4.78 is 0. The van der Waals surface area contributed by atoms with Crippen LogP contribution in [-0.4, -0.2) is 28.3 Å². The Kier molecular flexibility index (Phi) is 6.11. The molecule has 0 unspecified atom stereocenters. The number of amides is 1. The number of rotatable bonds is 7. The third-order valence-electron chi connectivity index (χ3n) is 5.18. The quantitative estimate of drug-likeness (QED) is 0.518. The molecule has 0 N–H and O–H groups in total. The minimum Gasteiger partial charge on any atom is -0.328 e. The van der Waals surface area contributed by atoms with Crippen molar-refractivity contribution < 1.29 is 9.72 Å². The highest BCUT2D eigenvalue weighted by Gasteiger charge is 2.55. The van der Waals surface area contributed by atoms with Crippen molar-refractivity contribution in [2.24, 2.45) is 5.92 Å². The molecule has 0 radical (unpaired) electrons. The molecule has 0 aliphatic carbocycles. The predicted octanol–water partition coefficient (Wildman–Crippen LogP) is 4.53. The van der Waals surface area contributed by atoms with Crippen molar-refractivity contribution in [1.82, 2.24) is 4.90 Å². The highest BCUT2D eigenvalue weighted by molar-refractivity contribution is 6.30. The van der Waals surface area contributed by atoms with Crippen LogP contribution in [0.4, 0.5) is 0 Å². The first-order chi connectivity index (χ1) is 13.0. The van der Waals surface area contributed by atoms with Crippen LogP contribution in [0.3, 0.4) is 0 Å². The van der Waals surface area contributed by atoms with Gasteiger partial charge >= 0.3 is 0 Å². The normalized spacial score (nSPS) is 22.2. The first-order valence-electron chi connectivity index (χ1n) is 9.26. The fourth-order valence-corrected chi connectivity index (χ4v) is 3.98. The molecule has 0 saturated carbocycles. The number of hydrogen-bond donors (Lipinski definition) is 0. The zero-order valence-electron chi connectivity index (χ0n) is 15.3. The van der Waals surface area contributed by atoms with E-state index in [-0.39, 0.29) is 10.8 Å². The standard InChI is InChI=1S/C21H23ClN2O3/c1-2-3-13-23-19(16-9-11-17(22)12-10-16)20(24(26)27)18(21(23)25)14-15-7-5-4-6-8-15/h4-12,18-20H,2-3,13-14H2,1H3/t18-,19+,20-/m0/s1. The van der Waals surface area contributed by atoms with Crippen molar-refractivity contribution in [3.05, 3.63) is 80.9 Å². The molecule has 1 heterocycles. The second-order valence-corrected chi connectivity index (χ2v) is 7.39. The van der Waals surface area contributed by atoms with Gasteiger partial charge in [-0.05, 0) is 36.1 Å². The van der Waals surface area contributed by atoms with Gasteiger partial charge in [-0.2, -0.15) is 0 Å². The van der Waals surface area contributed by atoms with E-state index >= 15 is 0 Å². The molecular formula is C21H23ClN2O3. The third-order valence-corrected chi connectivity index (χ3v) is 5.43. The molecule has 6 heteroatoms. The third kappa shape index (κ3) is 4.14. The topological polar surface area (TPSA) is 63.5 Å². The smallest absolute Gasteiger partial charge is 0.249 e. The van der Waals surface area contributed by atoms with Crippen LogP contribution in [0, 0.1) is 16.0 Å². The van der Waals surface area contributed by atoms with E-state index in [1.165, 1.54) is 0 Å². The number of benzene rings is 2. The first kappa shape index (κ1) is 19.4. The molecule has 1 aliphatic heterocycles. The number of carbonyl (C=O) groups excluding carboxylic acids is 1. The maximum atomic E-state index is 13.2. The molecule has 3 atom stereocenters. The number of hydrogen-bond acceptors (Lipinski definition) is 3. The molecule has 27 heavy (non-hydrogen) atoms. The molecule has 142 valence electrons. The van der Waals surface area contributed by atoms with Gasteiger partial charge in [0, 0.05) is 16.5 Å². The van der Waals surface area contributed by atoms with E-state index in [2.05, 4.69) is 0 Å². The van der Waals surface area contributed by atoms with Crippen molar-refractivity contribution in [3.63, 3.8) is 0 Å². The fraction of sp³-hybridized carbons (Fsp3) is 0.381. The number of carbonyl (C=O) groups is 1. The number of unbranched alkanes of at least 4 members (excludes halogenated alkanes) is 1. The predicted molar refractivity (Wildman–Crippen MR) is 105 cm³/mol. The van der Waals surface area contributed by atoms with Gasteiger partial charge in [-0.1, -0.05) is 67.4 Å². The zero-order chi connectivity index (χ0) is 19.4. The average molecular weight is 387 g/mol. The average Bonchev–Trinajstić information content (AvgIpc) is 2.93. The molecule has 3 rings (SSSR count). The van der Waals surface area contributed by atoms with Gasteiger partial charge in [-0.15, -0.1) is 0 Å². The number of halogens is 1. The van der Waals surface area contributed by atoms with Crippen LogP contribution in [-0.2, 0) is 11.2 Å². The number of nitro groups is 1. The second-order valence-electron chi connectivity index (χ2n) is 6.95. The van der Waals surface area contributed by atoms with Crippen LogP contribution in [0.2, 0.25) is 5.02 Å². The maximum absolute atomic E-state index is 13.2. The van der Waals surface area contributed by atoms with Crippen LogP contribution >= 0.6 is 11.6 Å². The highest BCUT2D eigenvalue weighted by Crippen LogP contribution is 2.40. The molecule has 1 amide bonds. The molecule has 0 bridgehead atoms. The van der Waals surface area contributed by atoms with Crippen LogP contribution in [0.5, 0.6) is 0 Å².